The normalized spacial score (nSPS) is 14.5. The Morgan fingerprint density at radius 1 is 0.700 bits per heavy atom. The van der Waals surface area contributed by atoms with Crippen LogP contribution in [0.4, 0.5) is 0 Å². The van der Waals surface area contributed by atoms with Gasteiger partial charge in [0.15, 0.2) is 0 Å². The van der Waals surface area contributed by atoms with Crippen LogP contribution in [-0.2, 0) is 27.8 Å². The molecule has 2 N–H and O–H groups in total. The van der Waals surface area contributed by atoms with Gasteiger partial charge >= 0.3 is 0 Å². The van der Waals surface area contributed by atoms with E-state index in [0.717, 1.165) is 0 Å². The Morgan fingerprint density at radius 2 is 0.900 bits per heavy atom. The predicted molar refractivity (Wildman–Crippen MR) is 106 cm³/mol. The van der Waals surface area contributed by atoms with Crippen molar-refractivity contribution in [2.24, 2.45) is 0 Å². The fourth-order valence-corrected chi connectivity index (χ4v) is 2.06. The van der Waals surface area contributed by atoms with Crippen LogP contribution < -0.4 is 0 Å². The number of hydrogen-bond donors (Lipinski definition) is 4. The molecule has 0 spiro atoms. The molecule has 0 radical (unpaired) electrons. The Bertz CT molecular complexity index is 441. The van der Waals surface area contributed by atoms with Crippen LogP contribution >= 0.6 is 25.8 Å². The first-order valence-electron chi connectivity index (χ1n) is 8.02. The van der Waals surface area contributed by atoms with E-state index >= 15 is 0 Å². The average molecular weight is 977 g/mol. The van der Waals surface area contributed by atoms with Crippen molar-refractivity contribution in [3.05, 3.63) is 10.6 Å². The number of rotatable bonds is 2. The van der Waals surface area contributed by atoms with Gasteiger partial charge in [-0.25, -0.2) is 10.5 Å². The summed E-state index contributed by atoms with van der Waals surface area (Å²) < 4.78 is 5.89. The summed E-state index contributed by atoms with van der Waals surface area (Å²) >= 11 is 5.69. The minimum Gasteiger partial charge on any atom is -0.659 e. The van der Waals surface area contributed by atoms with Crippen LogP contribution in [-0.4, -0.2) is 96.1 Å². The van der Waals surface area contributed by atoms with E-state index in [2.05, 4.69) is 45.1 Å². The molecule has 0 aromatic rings. The molecule has 2 saturated heterocycles. The van der Waals surface area contributed by atoms with E-state index in [-0.39, 0.29) is 23.4 Å². The SMILES string of the molecule is CC(=O)C(=O)N1CC[N-]CC1.CC(=O)C(=O)N1CC[N-]CC1.OOS.OOS.[Rf].[Rf]. The van der Waals surface area contributed by atoms with Gasteiger partial charge in [-0.3, -0.25) is 19.2 Å². The Kier molecular flexibility index (Phi) is 25.2. The Labute approximate surface area is 174 Å². The van der Waals surface area contributed by atoms with E-state index in [4.69, 9.17) is 10.5 Å². The van der Waals surface area contributed by atoms with Gasteiger partial charge in [0.1, 0.15) is 0 Å². The third kappa shape index (κ3) is 16.9. The molecule has 0 bridgehead atoms. The van der Waals surface area contributed by atoms with Gasteiger partial charge in [0, 0.05) is 65.8 Å². The summed E-state index contributed by atoms with van der Waals surface area (Å²) in [5.41, 5.74) is 0. The van der Waals surface area contributed by atoms with Crippen molar-refractivity contribution < 1.29 is 38.4 Å². The number of carbonyl (C=O) groups is 4. The number of amides is 2. The summed E-state index contributed by atoms with van der Waals surface area (Å²) in [6.07, 6.45) is 0. The van der Waals surface area contributed by atoms with Crippen molar-refractivity contribution in [3.8, 4) is 0 Å². The van der Waals surface area contributed by atoms with Crippen molar-refractivity contribution in [2.75, 3.05) is 52.4 Å². The molecule has 2 fully saturated rings. The van der Waals surface area contributed by atoms with E-state index in [1.165, 1.54) is 13.8 Å². The zero-order chi connectivity index (χ0) is 21.9. The fraction of sp³-hybridized carbons (Fsp3) is 0.714. The molecule has 0 saturated carbocycles. The molecule has 0 unspecified atom stereocenters. The minimum absolute atomic E-state index is 0. The number of thiol groups is 2. The first-order chi connectivity index (χ1) is 13.3. The monoisotopic (exact) mass is 976 g/mol. The van der Waals surface area contributed by atoms with Gasteiger partial charge in [0.2, 0.25) is 11.6 Å². The van der Waals surface area contributed by atoms with Crippen molar-refractivity contribution in [1.29, 1.82) is 0 Å². The van der Waals surface area contributed by atoms with Crippen molar-refractivity contribution in [2.45, 2.75) is 13.8 Å². The summed E-state index contributed by atoms with van der Waals surface area (Å²) in [6.45, 7) is 7.64. The maximum atomic E-state index is 11.0. The van der Waals surface area contributed by atoms with Gasteiger partial charge in [-0.2, -0.15) is 8.67 Å². The van der Waals surface area contributed by atoms with Gasteiger partial charge in [-0.15, -0.1) is 26.2 Å². The predicted octanol–water partition coefficient (Wildman–Crippen LogP) is 0.224. The molecule has 2 rings (SSSR count). The quantitative estimate of drug-likeness (QED) is 0.101. The maximum absolute atomic E-state index is 11.0. The summed E-state index contributed by atoms with van der Waals surface area (Å²) in [6, 6.07) is 0. The van der Waals surface area contributed by atoms with Crippen LogP contribution in [0.3, 0.4) is 0 Å². The molecule has 12 nitrogen and oxygen atoms in total. The molecule has 30 heavy (non-hydrogen) atoms. The number of carbonyl (C=O) groups excluding carboxylic acids is 4. The first kappa shape index (κ1) is 34.3. The molecule has 0 aromatic heterocycles. The van der Waals surface area contributed by atoms with Gasteiger partial charge in [0.25, 0.3) is 11.8 Å². The maximum Gasteiger partial charge on any atom is 0.289 e. The van der Waals surface area contributed by atoms with E-state index in [0.29, 0.717) is 52.4 Å². The largest absolute Gasteiger partial charge is 0.659 e. The fourth-order valence-electron chi connectivity index (χ4n) is 2.06. The Morgan fingerprint density at radius 3 is 1.07 bits per heavy atom. The van der Waals surface area contributed by atoms with Crippen LogP contribution in [0.1, 0.15) is 13.8 Å². The van der Waals surface area contributed by atoms with E-state index < -0.39 is 0 Å². The standard InChI is InChI=1S/2C7H11N2O2.2H2O2S.2Rf/c2*1-6(10)7(11)9-4-2-8-3-5-9;2*1-2-3;;/h2*2-5H2,1H3;2*1,3H;;/q2*-1;;;;. The van der Waals surface area contributed by atoms with E-state index in [1.54, 1.807) is 9.80 Å². The number of ketones is 2. The van der Waals surface area contributed by atoms with Crippen LogP contribution in [0, 0.1) is 0 Å². The third-order valence-electron chi connectivity index (χ3n) is 3.29. The molecule has 2 amide bonds. The number of hydrogen-bond acceptors (Lipinski definition) is 10. The van der Waals surface area contributed by atoms with Gasteiger partial charge in [-0.05, 0) is 0 Å². The third-order valence-corrected chi connectivity index (χ3v) is 3.29. The van der Waals surface area contributed by atoms with Gasteiger partial charge in [-0.1, -0.05) is 0 Å². The average Bonchev–Trinajstić information content (AvgIpc) is 2.69. The van der Waals surface area contributed by atoms with Crippen LogP contribution in [0.2, 0.25) is 0 Å². The van der Waals surface area contributed by atoms with Crippen LogP contribution in [0.15, 0.2) is 0 Å². The molecule has 2 aliphatic heterocycles. The Balaban J connectivity index is -0.000000170. The molecule has 168 valence electrons. The molecule has 2 heterocycles. The first-order valence-corrected chi connectivity index (χ1v) is 8.75. The topological polar surface area (TPSA) is 162 Å². The van der Waals surface area contributed by atoms with E-state index in [1.807, 2.05) is 0 Å². The van der Waals surface area contributed by atoms with Crippen molar-refractivity contribution in [3.63, 3.8) is 0 Å². The van der Waals surface area contributed by atoms with Gasteiger partial charge < -0.3 is 20.4 Å². The molecule has 0 aliphatic carbocycles. The number of piperazine rings is 2. The van der Waals surface area contributed by atoms with Crippen LogP contribution in [0.5, 0.6) is 0 Å². The molecule has 0 atom stereocenters. The summed E-state index contributed by atoms with van der Waals surface area (Å²) in [5.74, 6) is -1.52. The second-order valence-corrected chi connectivity index (χ2v) is 5.53. The second kappa shape index (κ2) is 22.0. The van der Waals surface area contributed by atoms with Crippen molar-refractivity contribution in [1.82, 2.24) is 9.80 Å². The second-order valence-electron chi connectivity index (χ2n) is 5.20. The molecule has 2 aliphatic rings. The minimum atomic E-state index is -0.383. The zero-order valence-corrected chi connectivity index (χ0v) is 31.7. The van der Waals surface area contributed by atoms with Crippen LogP contribution in [0.25, 0.3) is 10.6 Å². The van der Waals surface area contributed by atoms with Gasteiger partial charge in [0.05, 0.1) is 0 Å². The Hall–Kier alpha value is -3.26. The molecule has 0 aromatic carbocycles. The summed E-state index contributed by atoms with van der Waals surface area (Å²) in [5, 5.41) is 22.0. The number of nitrogens with zero attached hydrogens (tertiary/aromatic N) is 4. The molecular formula is C14H26N4O8Rf2S2-2. The van der Waals surface area contributed by atoms with E-state index in [9.17, 15) is 19.2 Å². The number of Topliss-reactive ketones (excluding diaryl/α,β-unsaturated/α-hetero) is 2. The zero-order valence-electron chi connectivity index (χ0n) is 17.1. The summed E-state index contributed by atoms with van der Waals surface area (Å²) in [7, 11) is 0. The molecular weight excluding hydrogens is 950 g/mol. The smallest absolute Gasteiger partial charge is 0.289 e. The van der Waals surface area contributed by atoms with Crippen molar-refractivity contribution >= 4 is 49.2 Å². The summed E-state index contributed by atoms with van der Waals surface area (Å²) in [4.78, 5) is 46.4. The molecule has 16 heteroatoms.